The van der Waals surface area contributed by atoms with Crippen LogP contribution in [-0.4, -0.2) is 29.0 Å². The van der Waals surface area contributed by atoms with Gasteiger partial charge in [-0.05, 0) is 12.8 Å². The molecule has 3 N–H and O–H groups in total. The van der Waals surface area contributed by atoms with Gasteiger partial charge < -0.3 is 10.2 Å². The minimum absolute atomic E-state index is 0.0322. The van der Waals surface area contributed by atoms with Gasteiger partial charge in [-0.3, -0.25) is 0 Å². The smallest absolute Gasteiger partial charge is 0.0544 e. The summed E-state index contributed by atoms with van der Waals surface area (Å²) in [6, 6.07) is 0. The normalized spacial score (nSPS) is 11.5. The molecule has 0 amide bonds. The van der Waals surface area contributed by atoms with Gasteiger partial charge in [0.1, 0.15) is 0 Å². The Morgan fingerprint density at radius 3 is 1.90 bits per heavy atom. The highest BCUT2D eigenvalue weighted by Gasteiger charge is 2.19. The summed E-state index contributed by atoms with van der Waals surface area (Å²) >= 11 is 0. The zero-order valence-electron chi connectivity index (χ0n) is 6.01. The number of hydrogen-bond acceptors (Lipinski definition) is 2. The van der Waals surface area contributed by atoms with Gasteiger partial charge in [-0.15, -0.1) is 6.58 Å². The first-order valence-electron chi connectivity index (χ1n) is 3.29. The van der Waals surface area contributed by atoms with E-state index in [1.807, 2.05) is 0 Å². The molecule has 59 valence electrons. The van der Waals surface area contributed by atoms with E-state index in [9.17, 15) is 0 Å². The quantitative estimate of drug-likeness (QED) is 0.532. The van der Waals surface area contributed by atoms with E-state index >= 15 is 0 Å². The predicted octanol–water partition coefficient (Wildman–Crippen LogP) is -0.0411. The lowest BCUT2D eigenvalue weighted by molar-refractivity contribution is 0.213. The topological polar surface area (TPSA) is 64.3 Å². The third-order valence-corrected chi connectivity index (χ3v) is 1.51. The Labute approximate surface area is 61.2 Å². The fraction of sp³-hybridized carbons (Fsp3) is 0.714. The Bertz CT molecular complexity index is 97.8. The molecule has 0 aliphatic heterocycles. The van der Waals surface area contributed by atoms with Crippen LogP contribution in [-0.2, 0) is 0 Å². The Morgan fingerprint density at radius 1 is 1.30 bits per heavy atom. The molecule has 0 aliphatic carbocycles. The number of aliphatic hydroxyl groups excluding tert-OH is 2. The van der Waals surface area contributed by atoms with Crippen molar-refractivity contribution in [1.29, 1.82) is 0 Å². The van der Waals surface area contributed by atoms with Crippen LogP contribution in [0.5, 0.6) is 0 Å². The fourth-order valence-electron chi connectivity index (χ4n) is 0.728. The van der Waals surface area contributed by atoms with Gasteiger partial charge in [0, 0.05) is 13.2 Å². The Kier molecular flexibility index (Phi) is 4.27. The first-order chi connectivity index (χ1) is 4.68. The Balaban J connectivity index is 3.81. The molecule has 0 bridgehead atoms. The molecule has 0 aromatic carbocycles. The van der Waals surface area contributed by atoms with Crippen LogP contribution in [0, 0.1) is 0 Å². The average molecular weight is 144 g/mol. The molecule has 0 heterocycles. The molecule has 0 spiro atoms. The maximum absolute atomic E-state index is 8.51. The van der Waals surface area contributed by atoms with Gasteiger partial charge in [0.15, 0.2) is 0 Å². The second kappa shape index (κ2) is 4.44. The first kappa shape index (κ1) is 9.62. The molecule has 3 heteroatoms. The highest BCUT2D eigenvalue weighted by atomic mass is 16.3. The van der Waals surface area contributed by atoms with Crippen molar-refractivity contribution in [3.63, 3.8) is 0 Å². The van der Waals surface area contributed by atoms with Crippen molar-refractivity contribution >= 4 is 0 Å². The maximum atomic E-state index is 8.51. The van der Waals surface area contributed by atoms with Crippen molar-refractivity contribution in [2.45, 2.75) is 18.4 Å². The minimum Gasteiger partial charge on any atom is -0.396 e. The highest BCUT2D eigenvalue weighted by Crippen LogP contribution is 2.13. The molecule has 0 unspecified atom stereocenters. The average Bonchev–Trinajstić information content (AvgIpc) is 1.89. The maximum Gasteiger partial charge on any atom is 0.0544 e. The highest BCUT2D eigenvalue weighted by molar-refractivity contribution is 4.99. The van der Waals surface area contributed by atoms with E-state index in [0.29, 0.717) is 12.8 Å². The molecule has 3 nitrogen and oxygen atoms in total. The van der Waals surface area contributed by atoms with Crippen LogP contribution < -0.4 is 5.73 Å². The summed E-state index contributed by atoms with van der Waals surface area (Å²) in [5.74, 6) is 0. The third-order valence-electron chi connectivity index (χ3n) is 1.51. The standard InChI is InChI=1S/C7H14NO2/c1-2-7(8,3-5-9)4-6-10/h2,8-10H,1,3-6H2. The summed E-state index contributed by atoms with van der Waals surface area (Å²) < 4.78 is 0. The SMILES string of the molecule is C=CC([NH])(CCO)CCO. The second-order valence-electron chi connectivity index (χ2n) is 2.31. The molecule has 0 rings (SSSR count). The van der Waals surface area contributed by atoms with Gasteiger partial charge in [-0.25, -0.2) is 5.73 Å². The van der Waals surface area contributed by atoms with E-state index in [1.165, 1.54) is 6.08 Å². The molecular formula is C7H14NO2. The molecule has 0 fully saturated rings. The van der Waals surface area contributed by atoms with Gasteiger partial charge in [-0.1, -0.05) is 6.08 Å². The lowest BCUT2D eigenvalue weighted by atomic mass is 9.94. The van der Waals surface area contributed by atoms with Crippen molar-refractivity contribution < 1.29 is 10.2 Å². The molecule has 0 atom stereocenters. The lowest BCUT2D eigenvalue weighted by Crippen LogP contribution is -2.30. The second-order valence-corrected chi connectivity index (χ2v) is 2.31. The van der Waals surface area contributed by atoms with E-state index in [0.717, 1.165) is 0 Å². The molecule has 0 saturated carbocycles. The van der Waals surface area contributed by atoms with Crippen LogP contribution in [0.3, 0.4) is 0 Å². The summed E-state index contributed by atoms with van der Waals surface area (Å²) in [6.45, 7) is 3.40. The predicted molar refractivity (Wildman–Crippen MR) is 39.4 cm³/mol. The molecule has 0 aromatic rings. The minimum atomic E-state index is -0.844. The Morgan fingerprint density at radius 2 is 1.70 bits per heavy atom. The monoisotopic (exact) mass is 144 g/mol. The number of hydrogen-bond donors (Lipinski definition) is 2. The first-order valence-corrected chi connectivity index (χ1v) is 3.29. The summed E-state index contributed by atoms with van der Waals surface area (Å²) in [5.41, 5.74) is 6.69. The van der Waals surface area contributed by atoms with Crippen LogP contribution in [0.15, 0.2) is 12.7 Å². The van der Waals surface area contributed by atoms with Crippen molar-refractivity contribution in [3.05, 3.63) is 12.7 Å². The Hall–Kier alpha value is -0.380. The van der Waals surface area contributed by atoms with Gasteiger partial charge in [0.25, 0.3) is 0 Å². The summed E-state index contributed by atoms with van der Waals surface area (Å²) in [4.78, 5) is 0. The van der Waals surface area contributed by atoms with E-state index in [1.54, 1.807) is 0 Å². The summed E-state index contributed by atoms with van der Waals surface area (Å²) in [6.07, 6.45) is 2.15. The summed E-state index contributed by atoms with van der Waals surface area (Å²) in [7, 11) is 0. The number of aliphatic hydroxyl groups is 2. The molecule has 0 aromatic heterocycles. The number of rotatable bonds is 5. The lowest BCUT2D eigenvalue weighted by Gasteiger charge is -2.21. The van der Waals surface area contributed by atoms with Gasteiger partial charge >= 0.3 is 0 Å². The van der Waals surface area contributed by atoms with Crippen LogP contribution >= 0.6 is 0 Å². The molecule has 1 radical (unpaired) electrons. The number of nitrogens with one attached hydrogen (secondary N) is 1. The van der Waals surface area contributed by atoms with Crippen molar-refractivity contribution in [2.75, 3.05) is 13.2 Å². The largest absolute Gasteiger partial charge is 0.396 e. The van der Waals surface area contributed by atoms with Crippen LogP contribution in [0.25, 0.3) is 0 Å². The summed E-state index contributed by atoms with van der Waals surface area (Å²) in [5, 5.41) is 17.0. The van der Waals surface area contributed by atoms with E-state index in [4.69, 9.17) is 15.9 Å². The zero-order valence-corrected chi connectivity index (χ0v) is 6.01. The van der Waals surface area contributed by atoms with E-state index < -0.39 is 5.54 Å². The molecule has 10 heavy (non-hydrogen) atoms. The van der Waals surface area contributed by atoms with Crippen LogP contribution in [0.1, 0.15) is 12.8 Å². The zero-order chi connectivity index (χ0) is 8.04. The van der Waals surface area contributed by atoms with Crippen molar-refractivity contribution in [1.82, 2.24) is 5.73 Å². The van der Waals surface area contributed by atoms with Gasteiger partial charge in [-0.2, -0.15) is 0 Å². The molecule has 0 saturated heterocycles. The van der Waals surface area contributed by atoms with Crippen LogP contribution in [0.2, 0.25) is 0 Å². The van der Waals surface area contributed by atoms with Crippen molar-refractivity contribution in [2.24, 2.45) is 0 Å². The molecular weight excluding hydrogens is 130 g/mol. The van der Waals surface area contributed by atoms with E-state index in [-0.39, 0.29) is 13.2 Å². The fourth-order valence-corrected chi connectivity index (χ4v) is 0.728. The van der Waals surface area contributed by atoms with Crippen molar-refractivity contribution in [3.8, 4) is 0 Å². The van der Waals surface area contributed by atoms with Crippen LogP contribution in [0.4, 0.5) is 0 Å². The van der Waals surface area contributed by atoms with Gasteiger partial charge in [0.2, 0.25) is 0 Å². The van der Waals surface area contributed by atoms with E-state index in [2.05, 4.69) is 6.58 Å². The molecule has 0 aliphatic rings. The van der Waals surface area contributed by atoms with Gasteiger partial charge in [0.05, 0.1) is 5.54 Å². The third kappa shape index (κ3) is 2.96.